The zero-order valence-corrected chi connectivity index (χ0v) is 8.25. The highest BCUT2D eigenvalue weighted by Crippen LogP contribution is 2.09. The highest BCUT2D eigenvalue weighted by atomic mass is 16.5. The summed E-state index contributed by atoms with van der Waals surface area (Å²) in [4.78, 5) is 22.4. The molecule has 0 saturated carbocycles. The number of hydrogen-bond acceptors (Lipinski definition) is 4. The van der Waals surface area contributed by atoms with Gasteiger partial charge < -0.3 is 9.15 Å². The van der Waals surface area contributed by atoms with Gasteiger partial charge in [0.1, 0.15) is 5.75 Å². The summed E-state index contributed by atoms with van der Waals surface area (Å²) >= 11 is 0. The molecule has 16 heavy (non-hydrogen) atoms. The van der Waals surface area contributed by atoms with Crippen molar-refractivity contribution in [3.63, 3.8) is 0 Å². The highest BCUT2D eigenvalue weighted by molar-refractivity contribution is 5.90. The molecule has 0 aliphatic heterocycles. The predicted molar refractivity (Wildman–Crippen MR) is 56.4 cm³/mol. The van der Waals surface area contributed by atoms with Gasteiger partial charge in [0, 0.05) is 6.07 Å². The van der Waals surface area contributed by atoms with Crippen LogP contribution in [0.4, 0.5) is 0 Å². The van der Waals surface area contributed by atoms with Crippen molar-refractivity contribution >= 4 is 5.97 Å². The molecule has 80 valence electrons. The van der Waals surface area contributed by atoms with Crippen LogP contribution in [-0.2, 0) is 0 Å². The van der Waals surface area contributed by atoms with E-state index in [-0.39, 0.29) is 5.75 Å². The van der Waals surface area contributed by atoms with Gasteiger partial charge in [-0.1, -0.05) is 18.2 Å². The summed E-state index contributed by atoms with van der Waals surface area (Å²) in [6.07, 6.45) is 1.18. The first-order valence-corrected chi connectivity index (χ1v) is 4.62. The Balaban J connectivity index is 2.17. The van der Waals surface area contributed by atoms with Crippen molar-refractivity contribution in [1.82, 2.24) is 0 Å². The fraction of sp³-hybridized carbons (Fsp3) is 0. The summed E-state index contributed by atoms with van der Waals surface area (Å²) in [5, 5.41) is 0. The Morgan fingerprint density at radius 2 is 1.88 bits per heavy atom. The molecule has 1 heterocycles. The lowest BCUT2D eigenvalue weighted by Crippen LogP contribution is -2.09. The average molecular weight is 216 g/mol. The third-order valence-corrected chi connectivity index (χ3v) is 1.90. The van der Waals surface area contributed by atoms with E-state index in [1.165, 1.54) is 12.3 Å². The monoisotopic (exact) mass is 216 g/mol. The van der Waals surface area contributed by atoms with Gasteiger partial charge in [-0.3, -0.25) is 0 Å². The zero-order chi connectivity index (χ0) is 11.4. The molecular weight excluding hydrogens is 208 g/mol. The van der Waals surface area contributed by atoms with E-state index in [0.717, 1.165) is 6.07 Å². The van der Waals surface area contributed by atoms with Crippen molar-refractivity contribution in [1.29, 1.82) is 0 Å². The summed E-state index contributed by atoms with van der Waals surface area (Å²) in [6, 6.07) is 11.0. The van der Waals surface area contributed by atoms with Gasteiger partial charge in [0.05, 0.1) is 17.9 Å². The molecule has 2 aromatic rings. The Bertz CT molecular complexity index is 542. The quantitative estimate of drug-likeness (QED) is 0.719. The molecule has 0 atom stereocenters. The van der Waals surface area contributed by atoms with E-state index < -0.39 is 11.6 Å². The molecule has 1 aromatic heterocycles. The van der Waals surface area contributed by atoms with Gasteiger partial charge in [0.25, 0.3) is 0 Å². The molecule has 0 radical (unpaired) electrons. The van der Waals surface area contributed by atoms with E-state index in [4.69, 9.17) is 4.74 Å². The van der Waals surface area contributed by atoms with Crippen LogP contribution in [0.1, 0.15) is 10.4 Å². The van der Waals surface area contributed by atoms with Crippen LogP contribution in [0.3, 0.4) is 0 Å². The maximum Gasteiger partial charge on any atom is 0.343 e. The first kappa shape index (κ1) is 10.2. The van der Waals surface area contributed by atoms with Gasteiger partial charge in [0.15, 0.2) is 0 Å². The van der Waals surface area contributed by atoms with Gasteiger partial charge in [-0.2, -0.15) is 0 Å². The predicted octanol–water partition coefficient (Wildman–Crippen LogP) is 1.86. The van der Waals surface area contributed by atoms with Crippen molar-refractivity contribution in [3.8, 4) is 5.75 Å². The number of carbonyl (C=O) groups excluding carboxylic acids is 1. The second-order valence-corrected chi connectivity index (χ2v) is 3.04. The molecule has 2 rings (SSSR count). The van der Waals surface area contributed by atoms with Crippen LogP contribution in [0.25, 0.3) is 0 Å². The Labute approximate surface area is 91.1 Å². The van der Waals surface area contributed by atoms with Crippen molar-refractivity contribution in [2.75, 3.05) is 0 Å². The molecule has 4 nitrogen and oxygen atoms in total. The van der Waals surface area contributed by atoms with Crippen molar-refractivity contribution in [3.05, 3.63) is 64.7 Å². The summed E-state index contributed by atoms with van der Waals surface area (Å²) < 4.78 is 9.49. The summed E-state index contributed by atoms with van der Waals surface area (Å²) in [6.45, 7) is 0. The highest BCUT2D eigenvalue weighted by Gasteiger charge is 2.07. The van der Waals surface area contributed by atoms with Crippen LogP contribution in [-0.4, -0.2) is 5.97 Å². The van der Waals surface area contributed by atoms with E-state index >= 15 is 0 Å². The minimum atomic E-state index is -0.557. The van der Waals surface area contributed by atoms with E-state index in [0.29, 0.717) is 5.56 Å². The third kappa shape index (κ3) is 2.36. The summed E-state index contributed by atoms with van der Waals surface area (Å²) in [5.74, 6) is -0.337. The Kier molecular flexibility index (Phi) is 2.82. The van der Waals surface area contributed by atoms with E-state index in [2.05, 4.69) is 4.42 Å². The standard InChI is InChI=1S/C12H8O4/c13-11-8-10(6-7-15-11)16-12(14)9-4-2-1-3-5-9/h1-8H. The molecule has 0 spiro atoms. The van der Waals surface area contributed by atoms with Crippen molar-refractivity contribution in [2.45, 2.75) is 0 Å². The second-order valence-electron chi connectivity index (χ2n) is 3.04. The molecule has 0 N–H and O–H groups in total. The summed E-state index contributed by atoms with van der Waals surface area (Å²) in [7, 11) is 0. The van der Waals surface area contributed by atoms with E-state index in [1.807, 2.05) is 0 Å². The number of carbonyl (C=O) groups is 1. The van der Waals surface area contributed by atoms with Crippen molar-refractivity contribution in [2.24, 2.45) is 0 Å². The first-order chi connectivity index (χ1) is 7.75. The van der Waals surface area contributed by atoms with Crippen LogP contribution >= 0.6 is 0 Å². The summed E-state index contributed by atoms with van der Waals surface area (Å²) in [5.41, 5.74) is -0.130. The topological polar surface area (TPSA) is 56.5 Å². The number of ether oxygens (including phenoxy) is 1. The lowest BCUT2D eigenvalue weighted by molar-refractivity contribution is 0.0734. The minimum absolute atomic E-state index is 0.171. The molecule has 4 heteroatoms. The Morgan fingerprint density at radius 1 is 1.12 bits per heavy atom. The van der Waals surface area contributed by atoms with Crippen LogP contribution < -0.4 is 10.4 Å². The fourth-order valence-corrected chi connectivity index (χ4v) is 1.17. The Morgan fingerprint density at radius 3 is 2.56 bits per heavy atom. The normalized spacial score (nSPS) is 9.75. The number of benzene rings is 1. The molecular formula is C12H8O4. The van der Waals surface area contributed by atoms with Gasteiger partial charge in [-0.05, 0) is 12.1 Å². The molecule has 0 unspecified atom stereocenters. The van der Waals surface area contributed by atoms with Crippen LogP contribution in [0, 0.1) is 0 Å². The first-order valence-electron chi connectivity index (χ1n) is 4.62. The Hall–Kier alpha value is -2.36. The van der Waals surface area contributed by atoms with E-state index in [9.17, 15) is 9.59 Å². The average Bonchev–Trinajstić information content (AvgIpc) is 2.30. The van der Waals surface area contributed by atoms with Gasteiger partial charge in [-0.15, -0.1) is 0 Å². The lowest BCUT2D eigenvalue weighted by atomic mass is 10.2. The molecule has 0 bridgehead atoms. The molecule has 0 aliphatic carbocycles. The van der Waals surface area contributed by atoms with Gasteiger partial charge in [-0.25, -0.2) is 9.59 Å². The van der Waals surface area contributed by atoms with Gasteiger partial charge in [0.2, 0.25) is 0 Å². The number of rotatable bonds is 2. The molecule has 0 amide bonds. The number of hydrogen-bond donors (Lipinski definition) is 0. The molecule has 0 fully saturated rings. The smallest absolute Gasteiger partial charge is 0.343 e. The molecule has 1 aromatic carbocycles. The molecule has 0 aliphatic rings. The number of esters is 1. The molecule has 0 saturated heterocycles. The van der Waals surface area contributed by atoms with Crippen LogP contribution in [0.2, 0.25) is 0 Å². The largest absolute Gasteiger partial charge is 0.431 e. The lowest BCUT2D eigenvalue weighted by Gasteiger charge is -2.02. The zero-order valence-electron chi connectivity index (χ0n) is 8.25. The fourth-order valence-electron chi connectivity index (χ4n) is 1.17. The SMILES string of the molecule is O=C(Oc1ccoc(=O)c1)c1ccccc1. The van der Waals surface area contributed by atoms with E-state index in [1.54, 1.807) is 30.3 Å². The van der Waals surface area contributed by atoms with Crippen LogP contribution in [0.5, 0.6) is 5.75 Å². The second kappa shape index (κ2) is 4.44. The minimum Gasteiger partial charge on any atom is -0.431 e. The van der Waals surface area contributed by atoms with Crippen molar-refractivity contribution < 1.29 is 13.9 Å². The van der Waals surface area contributed by atoms with Gasteiger partial charge >= 0.3 is 11.6 Å². The third-order valence-electron chi connectivity index (χ3n) is 1.90. The van der Waals surface area contributed by atoms with Crippen LogP contribution in [0.15, 0.2) is 57.9 Å². The maximum atomic E-state index is 11.6. The maximum absolute atomic E-state index is 11.6.